The van der Waals surface area contributed by atoms with E-state index in [1.165, 1.54) is 11.1 Å². The summed E-state index contributed by atoms with van der Waals surface area (Å²) >= 11 is 7.96. The van der Waals surface area contributed by atoms with Gasteiger partial charge in [0.1, 0.15) is 0 Å². The molecule has 2 spiro atoms. The maximum Gasteiger partial charge on any atom is 0.0579 e. The van der Waals surface area contributed by atoms with E-state index in [1.807, 2.05) is 0 Å². The molecule has 0 aromatic heterocycles. The van der Waals surface area contributed by atoms with Gasteiger partial charge < -0.3 is 5.32 Å². The fourth-order valence-electron chi connectivity index (χ4n) is 26.8. The van der Waals surface area contributed by atoms with Gasteiger partial charge in [0, 0.05) is 17.1 Å². The summed E-state index contributed by atoms with van der Waals surface area (Å²) in [6.07, 6.45) is 0. The first kappa shape index (κ1) is 29.3. The zero-order valence-corrected chi connectivity index (χ0v) is 39.5. The molecule has 1 nitrogen and oxygen atoms in total. The Morgan fingerprint density at radius 3 is 0.658 bits per heavy atom. The SMILES string of the molecule is Clc1ccccc1C1NC(c2ccccc2)C23c4c5c6c7c8c9c(c%10c%11c2c2c4c4c%12c5c5c6c6c8c8c%13c9c9c%10c%10c%11c%11c2c2c4c4c%12c%12c5c5c6c8c6c8c%13c9c9c%10c%10c%11c2c2c4c4c%12c5c6c5c8c9c%10c2c45)C713. The molecule has 1 heterocycles. The molecule has 0 saturated carbocycles. The number of hydrogen-bond acceptors (Lipinski definition) is 1. The molecule has 0 radical (unpaired) electrons. The van der Waals surface area contributed by atoms with E-state index in [0.717, 1.165) is 5.02 Å². The molecule has 320 valence electrons. The van der Waals surface area contributed by atoms with E-state index in [9.17, 15) is 0 Å². The summed E-state index contributed by atoms with van der Waals surface area (Å²) in [6, 6.07) is 21.0. The highest BCUT2D eigenvalue weighted by Crippen LogP contribution is 2.88. The fourth-order valence-corrected chi connectivity index (χ4v) is 27.1. The maximum atomic E-state index is 7.96. The summed E-state index contributed by atoms with van der Waals surface area (Å²) in [5.74, 6) is 0. The summed E-state index contributed by atoms with van der Waals surface area (Å²) in [7, 11) is 0. The number of benzene rings is 20. The Labute approximate surface area is 421 Å². The topological polar surface area (TPSA) is 12.0 Å². The Kier molecular flexibility index (Phi) is 2.65. The number of hydrogen-bond donors (Lipinski definition) is 1. The minimum Gasteiger partial charge on any atom is -0.301 e. The Bertz CT molecular complexity index is 7610. The first-order valence-corrected chi connectivity index (χ1v) is 28.5. The van der Waals surface area contributed by atoms with Gasteiger partial charge in [-0.05, 0) is 330 Å². The average Bonchev–Trinajstić information content (AvgIpc) is 1.89. The van der Waals surface area contributed by atoms with E-state index in [4.69, 9.17) is 16.9 Å². The van der Waals surface area contributed by atoms with Crippen molar-refractivity contribution in [2.24, 2.45) is 0 Å². The van der Waals surface area contributed by atoms with Crippen LogP contribution in [0.1, 0.15) is 45.5 Å². The van der Waals surface area contributed by atoms with Gasteiger partial charge in [0.2, 0.25) is 0 Å². The molecular formula is C74H12ClN. The van der Waals surface area contributed by atoms with Crippen molar-refractivity contribution in [3.05, 3.63) is 93.0 Å². The minimum absolute atomic E-state index is 0.0225. The minimum atomic E-state index is -0.510. The molecule has 1 saturated heterocycles. The van der Waals surface area contributed by atoms with E-state index in [-0.39, 0.29) is 12.1 Å². The summed E-state index contributed by atoms with van der Waals surface area (Å²) in [5, 5.41) is 94.1. The van der Waals surface area contributed by atoms with E-state index in [2.05, 4.69) is 54.6 Å². The molecule has 1 N–H and O–H groups in total. The van der Waals surface area contributed by atoms with Gasteiger partial charge in [0.05, 0.1) is 10.8 Å². The third-order valence-electron chi connectivity index (χ3n) is 27.0. The van der Waals surface area contributed by atoms with Crippen LogP contribution in [-0.4, -0.2) is 0 Å². The van der Waals surface area contributed by atoms with Gasteiger partial charge in [-0.2, -0.15) is 0 Å². The van der Waals surface area contributed by atoms with Crippen LogP contribution in [-0.2, 0) is 10.8 Å². The smallest absolute Gasteiger partial charge is 0.0579 e. The van der Waals surface area contributed by atoms with Gasteiger partial charge in [-0.3, -0.25) is 0 Å². The van der Waals surface area contributed by atoms with Crippen LogP contribution < -0.4 is 5.32 Å². The highest BCUT2D eigenvalue weighted by molar-refractivity contribution is 6.82. The molecule has 1 fully saturated rings. The van der Waals surface area contributed by atoms with Crippen LogP contribution in [0.15, 0.2) is 54.6 Å². The average molecular weight is 950 g/mol. The van der Waals surface area contributed by atoms with Gasteiger partial charge >= 0.3 is 0 Å². The van der Waals surface area contributed by atoms with Gasteiger partial charge in [0.15, 0.2) is 0 Å². The van der Waals surface area contributed by atoms with Crippen LogP contribution in [0.2, 0.25) is 5.02 Å². The summed E-state index contributed by atoms with van der Waals surface area (Å²) in [6.45, 7) is 0. The molecule has 76 heavy (non-hydrogen) atoms. The second-order valence-electron chi connectivity index (χ2n) is 27.3. The largest absolute Gasteiger partial charge is 0.301 e. The van der Waals surface area contributed by atoms with Crippen LogP contribution in [0.5, 0.6) is 0 Å². The lowest BCUT2D eigenvalue weighted by molar-refractivity contribution is 0.334. The number of rotatable bonds is 2. The maximum absolute atomic E-state index is 7.96. The lowest BCUT2D eigenvalue weighted by Crippen LogP contribution is -2.52. The Morgan fingerprint density at radius 2 is 0.421 bits per heavy atom. The van der Waals surface area contributed by atoms with Crippen LogP contribution in [0.25, 0.3) is 291 Å². The first-order valence-electron chi connectivity index (χ1n) is 28.2. The summed E-state index contributed by atoms with van der Waals surface area (Å²) in [4.78, 5) is 0. The van der Waals surface area contributed by atoms with Crippen molar-refractivity contribution in [3.8, 4) is 0 Å². The van der Waals surface area contributed by atoms with Gasteiger partial charge in [0.25, 0.3) is 0 Å². The predicted octanol–water partition coefficient (Wildman–Crippen LogP) is 20.0. The lowest BCUT2D eigenvalue weighted by atomic mass is 9.45. The molecule has 2 heteroatoms. The molecule has 2 atom stereocenters. The van der Waals surface area contributed by atoms with Crippen molar-refractivity contribution < 1.29 is 0 Å². The van der Waals surface area contributed by atoms with Crippen molar-refractivity contribution in [1.82, 2.24) is 5.32 Å². The van der Waals surface area contributed by atoms with Gasteiger partial charge in [-0.25, -0.2) is 0 Å². The molecule has 30 aromatic rings. The van der Waals surface area contributed by atoms with Crippen molar-refractivity contribution >= 4 is 302 Å². The Morgan fingerprint density at radius 1 is 0.224 bits per heavy atom. The zero-order valence-electron chi connectivity index (χ0n) is 38.7. The van der Waals surface area contributed by atoms with E-state index >= 15 is 0 Å². The van der Waals surface area contributed by atoms with Crippen LogP contribution in [0.3, 0.4) is 0 Å². The van der Waals surface area contributed by atoms with Gasteiger partial charge in [-0.15, -0.1) is 0 Å². The quantitative estimate of drug-likeness (QED) is 0.170. The van der Waals surface area contributed by atoms with Crippen molar-refractivity contribution in [1.29, 1.82) is 0 Å². The molecule has 5 aliphatic rings. The summed E-state index contributed by atoms with van der Waals surface area (Å²) in [5.41, 5.74) is 8.43. The standard InChI is InChI=1S/C74H12ClN/c75-12-9-5-4-8-11(12)72-74-69-63-53-43-33-25-17-14-13-15-19-21(17)29-35-27(19)37-31-23(15)24-16(13)20-22-18(14)26(25)34-40-30(22)36-28(20)38-32(24)42-41(31)51-45(37)55-49(35)57(47(53)39(29)33)65(69)61(55)67-59(51)60-52(42)46(38)56-50(36)58-48(40)54(44(34)43)64(63)70(74)66(58)62(56)68(60)73(67,74)71(76-72)10-6-2-1-3-7-10/h1-9,71-72,76H. The fraction of sp³-hybridized carbons (Fsp3) is 0.0541. The number of nitrogens with one attached hydrogen (secondary N) is 1. The molecule has 35 rings (SSSR count). The van der Waals surface area contributed by atoms with Crippen molar-refractivity contribution in [3.63, 3.8) is 0 Å². The van der Waals surface area contributed by atoms with Crippen molar-refractivity contribution in [2.75, 3.05) is 0 Å². The van der Waals surface area contributed by atoms with Crippen molar-refractivity contribution in [2.45, 2.75) is 22.9 Å². The highest BCUT2D eigenvalue weighted by Gasteiger charge is 2.77. The van der Waals surface area contributed by atoms with E-state index in [1.54, 1.807) is 313 Å². The van der Waals surface area contributed by atoms with Crippen LogP contribution >= 0.6 is 11.6 Å². The van der Waals surface area contributed by atoms with E-state index < -0.39 is 10.8 Å². The highest BCUT2D eigenvalue weighted by atomic mass is 35.5. The second-order valence-corrected chi connectivity index (χ2v) is 27.7. The molecule has 30 aromatic carbocycles. The molecule has 4 aliphatic carbocycles. The van der Waals surface area contributed by atoms with Crippen LogP contribution in [0.4, 0.5) is 0 Å². The number of halogens is 1. The molecular weight excluding hydrogens is 938 g/mol. The second kappa shape index (κ2) is 6.87. The summed E-state index contributed by atoms with van der Waals surface area (Å²) < 4.78 is 0. The third kappa shape index (κ3) is 1.62. The molecule has 0 bridgehead atoms. The lowest BCUT2D eigenvalue weighted by Gasteiger charge is -2.53. The van der Waals surface area contributed by atoms with Crippen LogP contribution in [0, 0.1) is 0 Å². The van der Waals surface area contributed by atoms with Gasteiger partial charge in [-0.1, -0.05) is 60.1 Å². The monoisotopic (exact) mass is 949 g/mol. The third-order valence-corrected chi connectivity index (χ3v) is 27.3. The molecule has 0 amide bonds. The molecule has 2 unspecified atom stereocenters. The van der Waals surface area contributed by atoms with E-state index in [0.29, 0.717) is 0 Å². The predicted molar refractivity (Wildman–Crippen MR) is 320 cm³/mol. The zero-order chi connectivity index (χ0) is 45.4. The normalized spacial score (nSPS) is 23.6. The Hall–Kier alpha value is -8.85. The Balaban J connectivity index is 1.13. The molecule has 1 aliphatic heterocycles. The first-order chi connectivity index (χ1) is 37.8.